The number of aryl methyl sites for hydroxylation is 1. The molecule has 0 unspecified atom stereocenters. The van der Waals surface area contributed by atoms with Crippen LogP contribution in [-0.4, -0.2) is 21.0 Å². The van der Waals surface area contributed by atoms with Gasteiger partial charge in [-0.15, -0.1) is 0 Å². The van der Waals surface area contributed by atoms with Crippen LogP contribution >= 0.6 is 0 Å². The van der Waals surface area contributed by atoms with Gasteiger partial charge in [-0.2, -0.15) is 0 Å². The van der Waals surface area contributed by atoms with Crippen molar-refractivity contribution < 1.29 is 9.90 Å². The van der Waals surface area contributed by atoms with Crippen LogP contribution in [0.15, 0.2) is 41.2 Å². The second-order valence-corrected chi connectivity index (χ2v) is 5.18. The van der Waals surface area contributed by atoms with Gasteiger partial charge in [-0.25, -0.2) is 9.78 Å². The molecular weight excluding hydrogens is 294 g/mol. The molecule has 4 N–H and O–H groups in total. The summed E-state index contributed by atoms with van der Waals surface area (Å²) < 4.78 is 0. The number of aromatic nitrogens is 2. The Balaban J connectivity index is 2.03. The number of unbranched alkanes of at least 4 members (excludes halogenated alkanes) is 1. The molecule has 6 heteroatoms. The van der Waals surface area contributed by atoms with Crippen LogP contribution in [0.5, 0.6) is 0 Å². The summed E-state index contributed by atoms with van der Waals surface area (Å²) in [5.74, 6) is -1.12. The quantitative estimate of drug-likeness (QED) is 0.535. The Hall–Kier alpha value is -2.89. The molecule has 0 amide bonds. The van der Waals surface area contributed by atoms with Crippen molar-refractivity contribution in [1.82, 2.24) is 9.97 Å². The number of anilines is 1. The average Bonchev–Trinajstić information content (AvgIpc) is 2.52. The van der Waals surface area contributed by atoms with Gasteiger partial charge in [0.05, 0.1) is 5.69 Å². The zero-order valence-electron chi connectivity index (χ0n) is 12.7. The van der Waals surface area contributed by atoms with Gasteiger partial charge in [0.15, 0.2) is 0 Å². The number of nitrogen functional groups attached to an aromatic ring is 1. The lowest BCUT2D eigenvalue weighted by atomic mass is 10.0. The topological polar surface area (TPSA) is 109 Å². The lowest BCUT2D eigenvalue weighted by Crippen LogP contribution is -2.18. The predicted molar refractivity (Wildman–Crippen MR) is 89.0 cm³/mol. The number of carboxylic acid groups (broad SMARTS) is 1. The summed E-state index contributed by atoms with van der Waals surface area (Å²) in [4.78, 5) is 29.1. The van der Waals surface area contributed by atoms with Crippen molar-refractivity contribution in [2.24, 2.45) is 0 Å². The van der Waals surface area contributed by atoms with E-state index in [1.165, 1.54) is 11.6 Å². The van der Waals surface area contributed by atoms with E-state index in [-0.39, 0.29) is 11.5 Å². The summed E-state index contributed by atoms with van der Waals surface area (Å²) in [6.07, 6.45) is 5.44. The molecule has 120 valence electrons. The van der Waals surface area contributed by atoms with Crippen molar-refractivity contribution in [3.8, 4) is 0 Å². The lowest BCUT2D eigenvalue weighted by Gasteiger charge is -2.06. The number of aromatic amines is 1. The first-order valence-electron chi connectivity index (χ1n) is 7.40. The molecule has 0 radical (unpaired) electrons. The molecular formula is C17H19N3O3. The van der Waals surface area contributed by atoms with E-state index in [1.807, 2.05) is 18.2 Å². The van der Waals surface area contributed by atoms with Gasteiger partial charge in [0.25, 0.3) is 5.56 Å². The van der Waals surface area contributed by atoms with Crippen LogP contribution in [0.4, 0.5) is 5.95 Å². The van der Waals surface area contributed by atoms with Crippen molar-refractivity contribution in [3.05, 3.63) is 63.6 Å². The van der Waals surface area contributed by atoms with Crippen molar-refractivity contribution in [3.63, 3.8) is 0 Å². The van der Waals surface area contributed by atoms with Crippen molar-refractivity contribution in [2.75, 3.05) is 5.73 Å². The van der Waals surface area contributed by atoms with Crippen LogP contribution in [0, 0.1) is 0 Å². The minimum absolute atomic E-state index is 0.0203. The fourth-order valence-electron chi connectivity index (χ4n) is 2.34. The monoisotopic (exact) mass is 313 g/mol. The molecule has 0 aliphatic heterocycles. The zero-order chi connectivity index (χ0) is 16.7. The third kappa shape index (κ3) is 5.10. The highest BCUT2D eigenvalue weighted by atomic mass is 16.4. The van der Waals surface area contributed by atoms with Crippen molar-refractivity contribution in [1.29, 1.82) is 0 Å². The molecule has 2 aromatic rings. The van der Waals surface area contributed by atoms with Gasteiger partial charge in [-0.05, 0) is 37.3 Å². The van der Waals surface area contributed by atoms with E-state index in [4.69, 9.17) is 10.8 Å². The highest BCUT2D eigenvalue weighted by Gasteiger charge is 2.09. The minimum Gasteiger partial charge on any atom is -0.478 e. The summed E-state index contributed by atoms with van der Waals surface area (Å²) >= 11 is 0. The Morgan fingerprint density at radius 2 is 1.91 bits per heavy atom. The number of carboxylic acids is 1. The molecule has 1 heterocycles. The first-order valence-corrected chi connectivity index (χ1v) is 7.40. The second-order valence-electron chi connectivity index (χ2n) is 5.18. The third-order valence-corrected chi connectivity index (χ3v) is 3.43. The van der Waals surface area contributed by atoms with Gasteiger partial charge in [0, 0.05) is 11.6 Å². The number of benzene rings is 1. The fourth-order valence-corrected chi connectivity index (χ4v) is 2.34. The molecule has 0 aliphatic carbocycles. The number of hydrogen-bond donors (Lipinski definition) is 3. The van der Waals surface area contributed by atoms with E-state index < -0.39 is 5.97 Å². The SMILES string of the molecule is Nc1nc(C=CC(=O)O)c(CCCCc2ccccc2)c(=O)[nH]1. The van der Waals surface area contributed by atoms with Crippen molar-refractivity contribution >= 4 is 18.0 Å². The Morgan fingerprint density at radius 3 is 2.61 bits per heavy atom. The van der Waals surface area contributed by atoms with Gasteiger partial charge in [0.2, 0.25) is 5.95 Å². The number of nitrogens with one attached hydrogen (secondary N) is 1. The predicted octanol–water partition coefficient (Wildman–Crippen LogP) is 2.02. The van der Waals surface area contributed by atoms with Crippen LogP contribution in [0.1, 0.15) is 29.7 Å². The molecule has 1 aromatic carbocycles. The van der Waals surface area contributed by atoms with Crippen molar-refractivity contribution in [2.45, 2.75) is 25.7 Å². The summed E-state index contributed by atoms with van der Waals surface area (Å²) in [6.45, 7) is 0. The van der Waals surface area contributed by atoms with Gasteiger partial charge >= 0.3 is 5.97 Å². The first kappa shape index (κ1) is 16.5. The van der Waals surface area contributed by atoms with E-state index in [0.29, 0.717) is 17.7 Å². The van der Waals surface area contributed by atoms with Gasteiger partial charge in [-0.1, -0.05) is 30.3 Å². The zero-order valence-corrected chi connectivity index (χ0v) is 12.7. The number of carbonyl (C=O) groups is 1. The third-order valence-electron chi connectivity index (χ3n) is 3.43. The Bertz CT molecular complexity index is 751. The Kier molecular flexibility index (Phi) is 5.68. The van der Waals surface area contributed by atoms with Crippen LogP contribution in [0.2, 0.25) is 0 Å². The highest BCUT2D eigenvalue weighted by molar-refractivity contribution is 5.85. The maximum absolute atomic E-state index is 12.0. The van der Waals surface area contributed by atoms with E-state index in [9.17, 15) is 9.59 Å². The van der Waals surface area contributed by atoms with Gasteiger partial charge < -0.3 is 10.8 Å². The number of H-pyrrole nitrogens is 1. The number of rotatable bonds is 7. The van der Waals surface area contributed by atoms with E-state index >= 15 is 0 Å². The van der Waals surface area contributed by atoms with E-state index in [2.05, 4.69) is 22.1 Å². The maximum atomic E-state index is 12.0. The average molecular weight is 313 g/mol. The molecule has 1 aromatic heterocycles. The fraction of sp³-hybridized carbons (Fsp3) is 0.235. The van der Waals surface area contributed by atoms with Crippen LogP contribution in [0.3, 0.4) is 0 Å². The molecule has 0 fully saturated rings. The molecule has 0 spiro atoms. The van der Waals surface area contributed by atoms with E-state index in [0.717, 1.165) is 25.3 Å². The summed E-state index contributed by atoms with van der Waals surface area (Å²) in [5.41, 5.74) is 7.23. The Morgan fingerprint density at radius 1 is 1.22 bits per heavy atom. The van der Waals surface area contributed by atoms with Crippen LogP contribution < -0.4 is 11.3 Å². The first-order chi connectivity index (χ1) is 11.1. The number of hydrogen-bond acceptors (Lipinski definition) is 4. The molecule has 0 aliphatic rings. The summed E-state index contributed by atoms with van der Waals surface area (Å²) in [5, 5.41) is 8.71. The van der Waals surface area contributed by atoms with Gasteiger partial charge in [0.1, 0.15) is 0 Å². The second kappa shape index (κ2) is 7.93. The highest BCUT2D eigenvalue weighted by Crippen LogP contribution is 2.11. The molecule has 23 heavy (non-hydrogen) atoms. The molecule has 0 atom stereocenters. The summed E-state index contributed by atoms with van der Waals surface area (Å²) in [7, 11) is 0. The van der Waals surface area contributed by atoms with E-state index in [1.54, 1.807) is 0 Å². The Labute approximate surface area is 133 Å². The lowest BCUT2D eigenvalue weighted by molar-refractivity contribution is -0.131. The normalized spacial score (nSPS) is 11.0. The standard InChI is InChI=1S/C17H19N3O3/c18-17-19-14(10-11-15(21)22)13(16(23)20-17)9-5-4-8-12-6-2-1-3-7-12/h1-3,6-7,10-11H,4-5,8-9H2,(H,21,22)(H3,18,19,20,23). The smallest absolute Gasteiger partial charge is 0.328 e. The molecule has 6 nitrogen and oxygen atoms in total. The number of nitrogens with two attached hydrogens (primary N) is 1. The van der Waals surface area contributed by atoms with Crippen LogP contribution in [0.25, 0.3) is 6.08 Å². The number of aliphatic carboxylic acids is 1. The molecule has 2 rings (SSSR count). The molecule has 0 saturated heterocycles. The minimum atomic E-state index is -1.10. The van der Waals surface area contributed by atoms with Gasteiger partial charge in [-0.3, -0.25) is 9.78 Å². The largest absolute Gasteiger partial charge is 0.478 e. The maximum Gasteiger partial charge on any atom is 0.328 e. The number of nitrogens with zero attached hydrogens (tertiary/aromatic N) is 1. The molecule has 0 saturated carbocycles. The molecule has 0 bridgehead atoms. The van der Waals surface area contributed by atoms with Crippen LogP contribution in [-0.2, 0) is 17.6 Å². The summed E-state index contributed by atoms with van der Waals surface area (Å²) in [6, 6.07) is 10.1.